The molecule has 0 radical (unpaired) electrons. The van der Waals surface area contributed by atoms with Gasteiger partial charge in [0.15, 0.2) is 0 Å². The van der Waals surface area contributed by atoms with Crippen molar-refractivity contribution in [3.63, 3.8) is 0 Å². The third kappa shape index (κ3) is 3.71. The highest BCUT2D eigenvalue weighted by Crippen LogP contribution is 2.22. The molecule has 2 aromatic carbocycles. The van der Waals surface area contributed by atoms with Crippen molar-refractivity contribution in [2.45, 2.75) is 6.92 Å². The molecular weight excluding hydrogens is 318 g/mol. The zero-order chi connectivity index (χ0) is 18.6. The predicted molar refractivity (Wildman–Crippen MR) is 97.2 cm³/mol. The molecule has 2 rings (SSSR count). The van der Waals surface area contributed by atoms with Crippen molar-refractivity contribution in [2.24, 2.45) is 0 Å². The quantitative estimate of drug-likeness (QED) is 0.782. The van der Waals surface area contributed by atoms with Gasteiger partial charge >= 0.3 is 0 Å². The molecule has 0 N–H and O–H groups in total. The van der Waals surface area contributed by atoms with Gasteiger partial charge in [0.1, 0.15) is 11.5 Å². The van der Waals surface area contributed by atoms with E-state index in [1.165, 1.54) is 7.05 Å². The molecular formula is C20H21NO4. The fraction of sp³-hybridized carbons (Fsp3) is 0.200. The fourth-order valence-electron chi connectivity index (χ4n) is 2.49. The smallest absolute Gasteiger partial charge is 0.261 e. The monoisotopic (exact) mass is 339 g/mol. The standard InChI is InChI=1S/C20H21NO4/c1-6-14-12-16(25-5)8-10-18(14)20(23)21(3)19(22)17-9-7-15(24-4)11-13(17)2/h6-12H,1H2,2-5H3. The molecule has 0 bridgehead atoms. The Balaban J connectivity index is 2.34. The van der Waals surface area contributed by atoms with Gasteiger partial charge in [-0.1, -0.05) is 12.7 Å². The number of carbonyl (C=O) groups is 2. The first-order valence-electron chi connectivity index (χ1n) is 7.70. The lowest BCUT2D eigenvalue weighted by molar-refractivity contribution is 0.0655. The molecule has 0 saturated carbocycles. The van der Waals surface area contributed by atoms with E-state index in [0.717, 1.165) is 10.5 Å². The highest BCUT2D eigenvalue weighted by molar-refractivity contribution is 6.11. The number of carbonyl (C=O) groups excluding carboxylic acids is 2. The Morgan fingerprint density at radius 2 is 1.48 bits per heavy atom. The number of hydrogen-bond donors (Lipinski definition) is 0. The van der Waals surface area contributed by atoms with Gasteiger partial charge in [-0.2, -0.15) is 0 Å². The van der Waals surface area contributed by atoms with Gasteiger partial charge in [-0.3, -0.25) is 14.5 Å². The number of imide groups is 1. The van der Waals surface area contributed by atoms with Crippen molar-refractivity contribution in [1.29, 1.82) is 0 Å². The first kappa shape index (κ1) is 18.3. The molecule has 25 heavy (non-hydrogen) atoms. The van der Waals surface area contributed by atoms with E-state index < -0.39 is 5.91 Å². The minimum Gasteiger partial charge on any atom is -0.497 e. The van der Waals surface area contributed by atoms with Crippen LogP contribution in [-0.4, -0.2) is 38.0 Å². The molecule has 0 unspecified atom stereocenters. The summed E-state index contributed by atoms with van der Waals surface area (Å²) < 4.78 is 10.3. The summed E-state index contributed by atoms with van der Waals surface area (Å²) in [5.41, 5.74) is 2.18. The summed E-state index contributed by atoms with van der Waals surface area (Å²) in [6, 6.07) is 10.1. The third-order valence-corrected chi connectivity index (χ3v) is 3.98. The molecule has 0 aliphatic rings. The number of benzene rings is 2. The lowest BCUT2D eigenvalue weighted by atomic mass is 10.0. The van der Waals surface area contributed by atoms with Crippen LogP contribution in [0.15, 0.2) is 43.0 Å². The Kier molecular flexibility index (Phi) is 5.60. The van der Waals surface area contributed by atoms with Crippen LogP contribution < -0.4 is 9.47 Å². The van der Waals surface area contributed by atoms with E-state index in [1.54, 1.807) is 63.6 Å². The van der Waals surface area contributed by atoms with E-state index in [0.29, 0.717) is 28.2 Å². The summed E-state index contributed by atoms with van der Waals surface area (Å²) >= 11 is 0. The van der Waals surface area contributed by atoms with Crippen LogP contribution in [0.5, 0.6) is 11.5 Å². The Hall–Kier alpha value is -3.08. The van der Waals surface area contributed by atoms with Crippen LogP contribution in [0.3, 0.4) is 0 Å². The first-order valence-corrected chi connectivity index (χ1v) is 7.70. The molecule has 130 valence electrons. The van der Waals surface area contributed by atoms with E-state index in [4.69, 9.17) is 9.47 Å². The number of rotatable bonds is 5. The van der Waals surface area contributed by atoms with Crippen molar-refractivity contribution in [3.8, 4) is 11.5 Å². The second kappa shape index (κ2) is 7.66. The number of ether oxygens (including phenoxy) is 2. The first-order chi connectivity index (χ1) is 11.9. The van der Waals surface area contributed by atoms with E-state index >= 15 is 0 Å². The Labute approximate surface area is 147 Å². The number of amides is 2. The summed E-state index contributed by atoms with van der Waals surface area (Å²) in [5.74, 6) is 0.493. The average Bonchev–Trinajstić information content (AvgIpc) is 2.65. The summed E-state index contributed by atoms with van der Waals surface area (Å²) in [7, 11) is 4.57. The average molecular weight is 339 g/mol. The van der Waals surface area contributed by atoms with E-state index in [9.17, 15) is 9.59 Å². The molecule has 2 aromatic rings. The third-order valence-electron chi connectivity index (χ3n) is 3.98. The van der Waals surface area contributed by atoms with E-state index in [1.807, 2.05) is 0 Å². The lowest BCUT2D eigenvalue weighted by Crippen LogP contribution is -2.34. The number of methoxy groups -OCH3 is 2. The fourth-order valence-corrected chi connectivity index (χ4v) is 2.49. The number of aryl methyl sites for hydroxylation is 1. The van der Waals surface area contributed by atoms with E-state index in [2.05, 4.69) is 6.58 Å². The van der Waals surface area contributed by atoms with Crippen molar-refractivity contribution in [2.75, 3.05) is 21.3 Å². The SMILES string of the molecule is C=Cc1cc(OC)ccc1C(=O)N(C)C(=O)c1ccc(OC)cc1C. The molecule has 0 aliphatic heterocycles. The van der Waals surface area contributed by atoms with Gasteiger partial charge in [0.2, 0.25) is 0 Å². The van der Waals surface area contributed by atoms with Gasteiger partial charge in [-0.15, -0.1) is 0 Å². The summed E-state index contributed by atoms with van der Waals surface area (Å²) in [4.78, 5) is 26.6. The zero-order valence-electron chi connectivity index (χ0n) is 14.8. The number of hydrogen-bond acceptors (Lipinski definition) is 4. The topological polar surface area (TPSA) is 55.8 Å². The van der Waals surface area contributed by atoms with Gasteiger partial charge in [0.05, 0.1) is 14.2 Å². The highest BCUT2D eigenvalue weighted by Gasteiger charge is 2.23. The van der Waals surface area contributed by atoms with Crippen LogP contribution in [0.25, 0.3) is 6.08 Å². The van der Waals surface area contributed by atoms with Crippen LogP contribution >= 0.6 is 0 Å². The zero-order valence-corrected chi connectivity index (χ0v) is 14.8. The van der Waals surface area contributed by atoms with Crippen molar-refractivity contribution < 1.29 is 19.1 Å². The van der Waals surface area contributed by atoms with Crippen LogP contribution in [0.2, 0.25) is 0 Å². The van der Waals surface area contributed by atoms with Gasteiger partial charge in [0, 0.05) is 18.2 Å². The van der Waals surface area contributed by atoms with Crippen molar-refractivity contribution >= 4 is 17.9 Å². The van der Waals surface area contributed by atoms with E-state index in [-0.39, 0.29) is 5.91 Å². The normalized spacial score (nSPS) is 10.1. The van der Waals surface area contributed by atoms with Gasteiger partial charge < -0.3 is 9.47 Å². The molecule has 0 heterocycles. The number of nitrogens with zero attached hydrogens (tertiary/aromatic N) is 1. The molecule has 0 saturated heterocycles. The molecule has 0 aliphatic carbocycles. The van der Waals surface area contributed by atoms with Gasteiger partial charge in [0.25, 0.3) is 11.8 Å². The molecule has 0 spiro atoms. The van der Waals surface area contributed by atoms with Crippen molar-refractivity contribution in [1.82, 2.24) is 4.90 Å². The molecule has 2 amide bonds. The molecule has 0 aromatic heterocycles. The summed E-state index contributed by atoms with van der Waals surface area (Å²) in [5, 5.41) is 0. The van der Waals surface area contributed by atoms with Crippen LogP contribution in [-0.2, 0) is 0 Å². The van der Waals surface area contributed by atoms with Gasteiger partial charge in [-0.25, -0.2) is 0 Å². The van der Waals surface area contributed by atoms with Gasteiger partial charge in [-0.05, 0) is 54.4 Å². The molecule has 0 atom stereocenters. The lowest BCUT2D eigenvalue weighted by Gasteiger charge is -2.18. The molecule has 5 nitrogen and oxygen atoms in total. The predicted octanol–water partition coefficient (Wildman–Crippen LogP) is 3.57. The maximum atomic E-state index is 12.8. The summed E-state index contributed by atoms with van der Waals surface area (Å²) in [6.07, 6.45) is 1.56. The van der Waals surface area contributed by atoms with Crippen LogP contribution in [0, 0.1) is 6.92 Å². The van der Waals surface area contributed by atoms with Crippen LogP contribution in [0.4, 0.5) is 0 Å². The highest BCUT2D eigenvalue weighted by atomic mass is 16.5. The second-order valence-electron chi connectivity index (χ2n) is 5.51. The minimum atomic E-state index is -0.405. The second-order valence-corrected chi connectivity index (χ2v) is 5.51. The maximum absolute atomic E-state index is 12.8. The largest absolute Gasteiger partial charge is 0.497 e. The molecule has 0 fully saturated rings. The van der Waals surface area contributed by atoms with Crippen LogP contribution in [0.1, 0.15) is 31.8 Å². The Bertz CT molecular complexity index is 826. The van der Waals surface area contributed by atoms with Crippen molar-refractivity contribution in [3.05, 3.63) is 65.2 Å². The Morgan fingerprint density at radius 1 is 0.960 bits per heavy atom. The summed E-state index contributed by atoms with van der Waals surface area (Å²) in [6.45, 7) is 5.52. The Morgan fingerprint density at radius 3 is 2.00 bits per heavy atom. The minimum absolute atomic E-state index is 0.379. The molecule has 5 heteroatoms. The maximum Gasteiger partial charge on any atom is 0.261 e.